The van der Waals surface area contributed by atoms with Crippen LogP contribution in [0.3, 0.4) is 0 Å². The first kappa shape index (κ1) is 16.8. The number of nitrogens with one attached hydrogen (secondary N) is 1. The maximum absolute atomic E-state index is 12.2. The van der Waals surface area contributed by atoms with Crippen LogP contribution < -0.4 is 5.32 Å². The maximum Gasteiger partial charge on any atom is 0.233 e. The van der Waals surface area contributed by atoms with E-state index in [4.69, 9.17) is 4.74 Å². The first-order chi connectivity index (χ1) is 10.6. The van der Waals surface area contributed by atoms with E-state index >= 15 is 0 Å². The number of amides is 2. The molecule has 0 bridgehead atoms. The van der Waals surface area contributed by atoms with Crippen molar-refractivity contribution in [1.82, 2.24) is 4.90 Å². The highest BCUT2D eigenvalue weighted by Crippen LogP contribution is 2.21. The van der Waals surface area contributed by atoms with Crippen LogP contribution in [-0.2, 0) is 14.3 Å². The normalized spacial score (nSPS) is 18.1. The molecule has 6 heteroatoms. The molecule has 1 heterocycles. The summed E-state index contributed by atoms with van der Waals surface area (Å²) in [5, 5.41) is 2.72. The van der Waals surface area contributed by atoms with Gasteiger partial charge >= 0.3 is 0 Å². The van der Waals surface area contributed by atoms with Crippen LogP contribution in [0.2, 0.25) is 0 Å². The molecule has 120 valence electrons. The molecule has 1 aromatic carbocycles. The minimum Gasteiger partial charge on any atom is -0.375 e. The molecular weight excluding hydrogens is 300 g/mol. The number of rotatable bonds is 5. The molecule has 0 aliphatic carbocycles. The second-order valence-corrected chi connectivity index (χ2v) is 6.28. The van der Waals surface area contributed by atoms with E-state index in [0.717, 1.165) is 17.0 Å². The Morgan fingerprint density at radius 3 is 2.73 bits per heavy atom. The molecule has 5 nitrogen and oxygen atoms in total. The van der Waals surface area contributed by atoms with Crippen LogP contribution in [0, 0.1) is 0 Å². The lowest BCUT2D eigenvalue weighted by Gasteiger charge is -2.32. The van der Waals surface area contributed by atoms with Gasteiger partial charge in [0.25, 0.3) is 0 Å². The molecular formula is C16H22N2O3S. The molecule has 1 saturated heterocycles. The second-order valence-electron chi connectivity index (χ2n) is 5.24. The predicted octanol–water partition coefficient (Wildman–Crippen LogP) is 2.37. The molecule has 1 unspecified atom stereocenters. The smallest absolute Gasteiger partial charge is 0.233 e. The van der Waals surface area contributed by atoms with Gasteiger partial charge in [-0.1, -0.05) is 6.92 Å². The van der Waals surface area contributed by atoms with Crippen LogP contribution >= 0.6 is 11.8 Å². The standard InChI is InChI=1S/C16H22N2O3S/c1-3-14-10-18(8-9-21-14)16(20)11-22-15-6-4-13(5-7-15)17-12(2)19/h4-7,14H,3,8-11H2,1-2H3,(H,17,19). The number of carbonyl (C=O) groups is 2. The van der Waals surface area contributed by atoms with Crippen molar-refractivity contribution in [1.29, 1.82) is 0 Å². The molecule has 2 amide bonds. The van der Waals surface area contributed by atoms with Crippen LogP contribution in [0.5, 0.6) is 0 Å². The zero-order valence-electron chi connectivity index (χ0n) is 13.0. The van der Waals surface area contributed by atoms with Gasteiger partial charge in [-0.05, 0) is 30.7 Å². The molecule has 1 N–H and O–H groups in total. The Bertz CT molecular complexity index is 519. The van der Waals surface area contributed by atoms with E-state index < -0.39 is 0 Å². The summed E-state index contributed by atoms with van der Waals surface area (Å²) in [5.41, 5.74) is 0.766. The van der Waals surface area contributed by atoms with Crippen molar-refractivity contribution < 1.29 is 14.3 Å². The van der Waals surface area contributed by atoms with Gasteiger partial charge in [-0.3, -0.25) is 9.59 Å². The van der Waals surface area contributed by atoms with Crippen LogP contribution in [0.25, 0.3) is 0 Å². The van der Waals surface area contributed by atoms with Crippen molar-refractivity contribution >= 4 is 29.3 Å². The van der Waals surface area contributed by atoms with E-state index in [9.17, 15) is 9.59 Å². The molecule has 1 aliphatic rings. The number of thioether (sulfide) groups is 1. The summed E-state index contributed by atoms with van der Waals surface area (Å²) >= 11 is 1.51. The number of ether oxygens (including phenoxy) is 1. The van der Waals surface area contributed by atoms with Gasteiger partial charge in [0.05, 0.1) is 18.5 Å². The number of hydrogen-bond acceptors (Lipinski definition) is 4. The van der Waals surface area contributed by atoms with Gasteiger partial charge in [-0.15, -0.1) is 11.8 Å². The summed E-state index contributed by atoms with van der Waals surface area (Å²) in [4.78, 5) is 26.1. The van der Waals surface area contributed by atoms with Crippen molar-refractivity contribution in [2.24, 2.45) is 0 Å². The highest BCUT2D eigenvalue weighted by atomic mass is 32.2. The zero-order chi connectivity index (χ0) is 15.9. The predicted molar refractivity (Wildman–Crippen MR) is 88.1 cm³/mol. The molecule has 2 rings (SSSR count). The number of carbonyl (C=O) groups excluding carboxylic acids is 2. The van der Waals surface area contributed by atoms with E-state index in [2.05, 4.69) is 12.2 Å². The van der Waals surface area contributed by atoms with Crippen LogP contribution in [0.1, 0.15) is 20.3 Å². The Hall–Kier alpha value is -1.53. The van der Waals surface area contributed by atoms with E-state index in [1.54, 1.807) is 0 Å². The van der Waals surface area contributed by atoms with Crippen molar-refractivity contribution in [2.75, 3.05) is 30.8 Å². The average Bonchev–Trinajstić information content (AvgIpc) is 2.53. The summed E-state index contributed by atoms with van der Waals surface area (Å²) in [6.07, 6.45) is 1.10. The van der Waals surface area contributed by atoms with Gasteiger partial charge in [0.2, 0.25) is 11.8 Å². The SMILES string of the molecule is CCC1CN(C(=O)CSc2ccc(NC(C)=O)cc2)CCO1. The quantitative estimate of drug-likeness (QED) is 0.846. The van der Waals surface area contributed by atoms with E-state index in [1.807, 2.05) is 29.2 Å². The molecule has 1 aliphatic heterocycles. The topological polar surface area (TPSA) is 58.6 Å². The second kappa shape index (κ2) is 8.19. The van der Waals surface area contributed by atoms with Crippen molar-refractivity contribution in [3.63, 3.8) is 0 Å². The highest BCUT2D eigenvalue weighted by Gasteiger charge is 2.22. The first-order valence-corrected chi connectivity index (χ1v) is 8.47. The fraction of sp³-hybridized carbons (Fsp3) is 0.500. The summed E-state index contributed by atoms with van der Waals surface area (Å²) in [6, 6.07) is 7.51. The molecule has 1 aromatic rings. The van der Waals surface area contributed by atoms with Crippen LogP contribution in [0.4, 0.5) is 5.69 Å². The number of nitrogens with zero attached hydrogens (tertiary/aromatic N) is 1. The van der Waals surface area contributed by atoms with Crippen molar-refractivity contribution in [2.45, 2.75) is 31.3 Å². The largest absolute Gasteiger partial charge is 0.375 e. The third-order valence-electron chi connectivity index (χ3n) is 3.48. The molecule has 0 saturated carbocycles. The Balaban J connectivity index is 1.81. The molecule has 0 aromatic heterocycles. The molecule has 1 fully saturated rings. The first-order valence-electron chi connectivity index (χ1n) is 7.48. The third kappa shape index (κ3) is 5.03. The molecule has 22 heavy (non-hydrogen) atoms. The van der Waals surface area contributed by atoms with Gasteiger partial charge in [0.15, 0.2) is 0 Å². The molecule has 0 spiro atoms. The van der Waals surface area contributed by atoms with Gasteiger partial charge < -0.3 is 15.0 Å². The van der Waals surface area contributed by atoms with Gasteiger partial charge in [0.1, 0.15) is 0 Å². The molecule has 1 atom stereocenters. The number of anilines is 1. The van der Waals surface area contributed by atoms with Crippen molar-refractivity contribution in [3.05, 3.63) is 24.3 Å². The van der Waals surface area contributed by atoms with Crippen LogP contribution in [-0.4, -0.2) is 48.3 Å². The minimum atomic E-state index is -0.0895. The highest BCUT2D eigenvalue weighted by molar-refractivity contribution is 8.00. The summed E-state index contributed by atoms with van der Waals surface area (Å²) in [5.74, 6) is 0.488. The minimum absolute atomic E-state index is 0.0895. The van der Waals surface area contributed by atoms with E-state index in [1.165, 1.54) is 18.7 Å². The summed E-state index contributed by atoms with van der Waals surface area (Å²) in [7, 11) is 0. The lowest BCUT2D eigenvalue weighted by atomic mass is 10.2. The van der Waals surface area contributed by atoms with Crippen molar-refractivity contribution in [3.8, 4) is 0 Å². The van der Waals surface area contributed by atoms with E-state index in [0.29, 0.717) is 25.4 Å². The summed E-state index contributed by atoms with van der Waals surface area (Å²) < 4.78 is 5.58. The maximum atomic E-state index is 12.2. The third-order valence-corrected chi connectivity index (χ3v) is 4.48. The Morgan fingerprint density at radius 1 is 1.36 bits per heavy atom. The fourth-order valence-corrected chi connectivity index (χ4v) is 3.07. The van der Waals surface area contributed by atoms with Crippen LogP contribution in [0.15, 0.2) is 29.2 Å². The van der Waals surface area contributed by atoms with Gasteiger partial charge in [-0.2, -0.15) is 0 Å². The van der Waals surface area contributed by atoms with Gasteiger partial charge in [-0.25, -0.2) is 0 Å². The summed E-state index contributed by atoms with van der Waals surface area (Å²) in [6.45, 7) is 5.55. The fourth-order valence-electron chi connectivity index (χ4n) is 2.27. The average molecular weight is 322 g/mol. The monoisotopic (exact) mass is 322 g/mol. The molecule has 0 radical (unpaired) electrons. The van der Waals surface area contributed by atoms with Gasteiger partial charge in [0, 0.05) is 30.6 Å². The van der Waals surface area contributed by atoms with E-state index in [-0.39, 0.29) is 17.9 Å². The Morgan fingerprint density at radius 2 is 2.09 bits per heavy atom. The number of benzene rings is 1. The Labute approximate surface area is 135 Å². The number of morpholine rings is 1. The lowest BCUT2D eigenvalue weighted by Crippen LogP contribution is -2.46. The Kier molecular flexibility index (Phi) is 6.27. The zero-order valence-corrected chi connectivity index (χ0v) is 13.8. The lowest BCUT2D eigenvalue weighted by molar-refractivity contribution is -0.135. The number of hydrogen-bond donors (Lipinski definition) is 1.